The average molecular weight is 499 g/mol. The first-order valence-electron chi connectivity index (χ1n) is 13.8. The first-order chi connectivity index (χ1) is 18.0. The number of rotatable bonds is 8. The Labute approximate surface area is 219 Å². The van der Waals surface area contributed by atoms with Gasteiger partial charge in [-0.25, -0.2) is 4.98 Å². The quantitative estimate of drug-likeness (QED) is 0.407. The second-order valence-corrected chi connectivity index (χ2v) is 10.8. The van der Waals surface area contributed by atoms with Crippen LogP contribution in [0.1, 0.15) is 68.9 Å². The maximum Gasteiger partial charge on any atom is 0.224 e. The van der Waals surface area contributed by atoms with Gasteiger partial charge in [0.05, 0.1) is 5.52 Å². The normalized spacial score (nSPS) is 17.1. The number of aromatic nitrogens is 1. The van der Waals surface area contributed by atoms with Gasteiger partial charge < -0.3 is 15.5 Å². The fourth-order valence-corrected chi connectivity index (χ4v) is 5.96. The molecule has 3 aromatic rings. The topological polar surface area (TPSA) is 74.3 Å². The maximum absolute atomic E-state index is 12.6. The minimum Gasteiger partial charge on any atom is -0.357 e. The number of piperidine rings is 1. The van der Waals surface area contributed by atoms with Crippen LogP contribution >= 0.6 is 0 Å². The lowest BCUT2D eigenvalue weighted by atomic mass is 9.79. The van der Waals surface area contributed by atoms with Crippen LogP contribution in [-0.4, -0.2) is 36.4 Å². The lowest BCUT2D eigenvalue weighted by Crippen LogP contribution is -2.39. The third-order valence-corrected chi connectivity index (χ3v) is 8.12. The van der Waals surface area contributed by atoms with Gasteiger partial charge in [0.2, 0.25) is 11.8 Å². The summed E-state index contributed by atoms with van der Waals surface area (Å²) in [7, 11) is 0. The van der Waals surface area contributed by atoms with Crippen LogP contribution in [0.25, 0.3) is 10.9 Å². The molecule has 2 N–H and O–H groups in total. The van der Waals surface area contributed by atoms with Gasteiger partial charge in [-0.1, -0.05) is 43.2 Å². The molecule has 2 aliphatic rings. The van der Waals surface area contributed by atoms with Crippen molar-refractivity contribution in [1.82, 2.24) is 10.3 Å². The summed E-state index contributed by atoms with van der Waals surface area (Å²) < 4.78 is 0. The Balaban J connectivity index is 1.15. The SMILES string of the molecule is Cc1cc(N2CCCCC2)nc2ccc(NC(=O)CCC(=O)NCC3(c4ccccc4)CCCC3)cc12. The molecular weight excluding hydrogens is 460 g/mol. The smallest absolute Gasteiger partial charge is 0.224 e. The van der Waals surface area contributed by atoms with E-state index in [1.165, 1.54) is 37.7 Å². The molecule has 0 radical (unpaired) electrons. The zero-order valence-electron chi connectivity index (χ0n) is 21.9. The molecule has 2 fully saturated rings. The number of carbonyl (C=O) groups is 2. The fraction of sp³-hybridized carbons (Fsp3) is 0.452. The molecule has 2 aromatic carbocycles. The van der Waals surface area contributed by atoms with Crippen LogP contribution in [0.15, 0.2) is 54.6 Å². The van der Waals surface area contributed by atoms with Crippen molar-refractivity contribution in [1.29, 1.82) is 0 Å². The molecule has 6 nitrogen and oxygen atoms in total. The van der Waals surface area contributed by atoms with Gasteiger partial charge >= 0.3 is 0 Å². The van der Waals surface area contributed by atoms with E-state index in [0.717, 1.165) is 53.9 Å². The third kappa shape index (κ3) is 5.95. The Morgan fingerprint density at radius 2 is 1.62 bits per heavy atom. The molecule has 37 heavy (non-hydrogen) atoms. The van der Waals surface area contributed by atoms with Crippen molar-refractivity contribution in [3.05, 3.63) is 65.7 Å². The summed E-state index contributed by atoms with van der Waals surface area (Å²) in [6.07, 6.45) is 8.63. The number of pyridine rings is 1. The molecule has 1 saturated heterocycles. The van der Waals surface area contributed by atoms with Gasteiger partial charge in [-0.3, -0.25) is 9.59 Å². The van der Waals surface area contributed by atoms with Crippen molar-refractivity contribution >= 4 is 34.2 Å². The maximum atomic E-state index is 12.6. The van der Waals surface area contributed by atoms with Crippen molar-refractivity contribution in [2.45, 2.75) is 70.1 Å². The minimum absolute atomic E-state index is 0.0179. The monoisotopic (exact) mass is 498 g/mol. The van der Waals surface area contributed by atoms with Gasteiger partial charge in [0.15, 0.2) is 0 Å². The number of hydrogen-bond acceptors (Lipinski definition) is 4. The van der Waals surface area contributed by atoms with Crippen LogP contribution in [0, 0.1) is 6.92 Å². The molecule has 194 valence electrons. The van der Waals surface area contributed by atoms with E-state index in [1.54, 1.807) is 0 Å². The number of anilines is 2. The van der Waals surface area contributed by atoms with E-state index in [-0.39, 0.29) is 30.1 Å². The zero-order chi connectivity index (χ0) is 25.7. The summed E-state index contributed by atoms with van der Waals surface area (Å²) in [4.78, 5) is 32.5. The lowest BCUT2D eigenvalue weighted by molar-refractivity contribution is -0.124. The van der Waals surface area contributed by atoms with E-state index in [4.69, 9.17) is 4.98 Å². The van der Waals surface area contributed by atoms with Gasteiger partial charge in [0.1, 0.15) is 5.82 Å². The van der Waals surface area contributed by atoms with Crippen molar-refractivity contribution in [3.8, 4) is 0 Å². The molecule has 6 heteroatoms. The van der Waals surface area contributed by atoms with Gasteiger partial charge in [0, 0.05) is 49.0 Å². The van der Waals surface area contributed by atoms with Crippen LogP contribution in [0.2, 0.25) is 0 Å². The van der Waals surface area contributed by atoms with Crippen molar-refractivity contribution in [3.63, 3.8) is 0 Å². The second kappa shape index (κ2) is 11.3. The standard InChI is InChI=1S/C31H38N4O2/c1-23-20-28(35-18-8-3-9-19-35)34-27-13-12-25(21-26(23)27)33-30(37)15-14-29(36)32-22-31(16-6-7-17-31)24-10-4-2-5-11-24/h2,4-5,10-13,20-21H,3,6-9,14-19,22H2,1H3,(H,32,36)(H,33,37). The number of carbonyl (C=O) groups excluding carboxylic acids is 2. The Bertz CT molecular complexity index is 1240. The minimum atomic E-state index is -0.149. The van der Waals surface area contributed by atoms with Crippen LogP contribution < -0.4 is 15.5 Å². The molecule has 0 spiro atoms. The predicted molar refractivity (Wildman–Crippen MR) is 150 cm³/mol. The zero-order valence-corrected chi connectivity index (χ0v) is 21.9. The number of hydrogen-bond donors (Lipinski definition) is 2. The van der Waals surface area contributed by atoms with E-state index >= 15 is 0 Å². The Hall–Kier alpha value is -3.41. The Kier molecular flexibility index (Phi) is 7.73. The van der Waals surface area contributed by atoms with Crippen LogP contribution in [-0.2, 0) is 15.0 Å². The second-order valence-electron chi connectivity index (χ2n) is 10.8. The van der Waals surface area contributed by atoms with E-state index in [0.29, 0.717) is 6.54 Å². The first kappa shape index (κ1) is 25.2. The van der Waals surface area contributed by atoms with E-state index < -0.39 is 0 Å². The summed E-state index contributed by atoms with van der Waals surface area (Å²) in [5.41, 5.74) is 4.15. The molecule has 2 amide bonds. The number of aryl methyl sites for hydroxylation is 1. The molecule has 1 aromatic heterocycles. The Morgan fingerprint density at radius 3 is 2.38 bits per heavy atom. The number of nitrogens with zero attached hydrogens (tertiary/aromatic N) is 2. The fourth-order valence-electron chi connectivity index (χ4n) is 5.96. The molecule has 0 bridgehead atoms. The van der Waals surface area contributed by atoms with Crippen molar-refractivity contribution in [2.24, 2.45) is 0 Å². The number of amides is 2. The lowest BCUT2D eigenvalue weighted by Gasteiger charge is -2.30. The van der Waals surface area contributed by atoms with E-state index in [1.807, 2.05) is 24.3 Å². The molecular formula is C31H38N4O2. The number of nitrogens with one attached hydrogen (secondary N) is 2. The largest absolute Gasteiger partial charge is 0.357 e. The summed E-state index contributed by atoms with van der Waals surface area (Å²) in [6, 6.07) is 18.5. The van der Waals surface area contributed by atoms with Crippen LogP contribution in [0.4, 0.5) is 11.5 Å². The van der Waals surface area contributed by atoms with Gasteiger partial charge in [-0.2, -0.15) is 0 Å². The summed E-state index contributed by atoms with van der Waals surface area (Å²) in [6.45, 7) is 4.85. The van der Waals surface area contributed by atoms with Gasteiger partial charge in [-0.15, -0.1) is 0 Å². The number of benzene rings is 2. The molecule has 1 aliphatic carbocycles. The molecule has 0 unspecified atom stereocenters. The van der Waals surface area contributed by atoms with Gasteiger partial charge in [0.25, 0.3) is 0 Å². The molecule has 2 heterocycles. The first-order valence-corrected chi connectivity index (χ1v) is 13.8. The molecule has 0 atom stereocenters. The van der Waals surface area contributed by atoms with Crippen molar-refractivity contribution < 1.29 is 9.59 Å². The molecule has 5 rings (SSSR count). The highest BCUT2D eigenvalue weighted by molar-refractivity contribution is 5.96. The van der Waals surface area contributed by atoms with Crippen LogP contribution in [0.3, 0.4) is 0 Å². The highest BCUT2D eigenvalue weighted by Crippen LogP contribution is 2.40. The highest BCUT2D eigenvalue weighted by Gasteiger charge is 2.35. The molecule has 1 aliphatic heterocycles. The molecule has 1 saturated carbocycles. The summed E-state index contributed by atoms with van der Waals surface area (Å²) >= 11 is 0. The van der Waals surface area contributed by atoms with Crippen LogP contribution in [0.5, 0.6) is 0 Å². The van der Waals surface area contributed by atoms with E-state index in [9.17, 15) is 9.59 Å². The highest BCUT2D eigenvalue weighted by atomic mass is 16.2. The van der Waals surface area contributed by atoms with E-state index in [2.05, 4.69) is 52.8 Å². The summed E-state index contributed by atoms with van der Waals surface area (Å²) in [5.74, 6) is 0.823. The van der Waals surface area contributed by atoms with Crippen molar-refractivity contribution in [2.75, 3.05) is 29.9 Å². The average Bonchev–Trinajstić information content (AvgIpc) is 3.42. The Morgan fingerprint density at radius 1 is 0.892 bits per heavy atom. The summed E-state index contributed by atoms with van der Waals surface area (Å²) in [5, 5.41) is 7.12. The third-order valence-electron chi connectivity index (χ3n) is 8.12. The predicted octanol–water partition coefficient (Wildman–Crippen LogP) is 5.88. The van der Waals surface area contributed by atoms with Gasteiger partial charge in [-0.05, 0) is 74.4 Å². The number of fused-ring (bicyclic) bond motifs is 1.